The molecular formula is C18H15ClN2O3. The first-order valence-electron chi connectivity index (χ1n) is 7.31. The number of carbonyl (C=O) groups excluding carboxylic acids is 2. The van der Waals surface area contributed by atoms with Crippen molar-refractivity contribution in [2.75, 3.05) is 0 Å². The Balaban J connectivity index is 1.94. The fraction of sp³-hybridized carbons (Fsp3) is 0.111. The van der Waals surface area contributed by atoms with Gasteiger partial charge in [0.25, 0.3) is 5.91 Å². The van der Waals surface area contributed by atoms with Crippen LogP contribution in [0.15, 0.2) is 52.9 Å². The number of fused-ring (bicyclic) bond motifs is 1. The van der Waals surface area contributed by atoms with Crippen LogP contribution in [0.4, 0.5) is 0 Å². The zero-order chi connectivity index (χ0) is 17.3. The fourth-order valence-corrected chi connectivity index (χ4v) is 2.74. The maximum atomic E-state index is 12.6. The smallest absolute Gasteiger partial charge is 0.288 e. The van der Waals surface area contributed by atoms with Crippen molar-refractivity contribution < 1.29 is 14.0 Å². The molecule has 24 heavy (non-hydrogen) atoms. The van der Waals surface area contributed by atoms with Crippen molar-refractivity contribution in [2.45, 2.75) is 13.0 Å². The first-order valence-corrected chi connectivity index (χ1v) is 7.69. The van der Waals surface area contributed by atoms with Crippen LogP contribution in [0.1, 0.15) is 27.7 Å². The molecule has 0 bridgehead atoms. The van der Waals surface area contributed by atoms with Crippen molar-refractivity contribution in [1.29, 1.82) is 0 Å². The highest BCUT2D eigenvalue weighted by molar-refractivity contribution is 6.31. The molecule has 2 aromatic carbocycles. The molecule has 0 spiro atoms. The van der Waals surface area contributed by atoms with Crippen LogP contribution < -0.4 is 11.1 Å². The Hall–Kier alpha value is -2.79. The average Bonchev–Trinajstić information content (AvgIpc) is 2.89. The third-order valence-electron chi connectivity index (χ3n) is 3.80. The summed E-state index contributed by atoms with van der Waals surface area (Å²) in [4.78, 5) is 24.3. The van der Waals surface area contributed by atoms with Gasteiger partial charge in [0.1, 0.15) is 11.6 Å². The average molecular weight is 343 g/mol. The number of halogens is 1. The third kappa shape index (κ3) is 2.98. The van der Waals surface area contributed by atoms with Gasteiger partial charge in [-0.3, -0.25) is 9.59 Å². The minimum atomic E-state index is -0.935. The highest BCUT2D eigenvalue weighted by atomic mass is 35.5. The lowest BCUT2D eigenvalue weighted by Gasteiger charge is -2.15. The summed E-state index contributed by atoms with van der Waals surface area (Å²) in [6.45, 7) is 1.76. The van der Waals surface area contributed by atoms with Gasteiger partial charge in [-0.1, -0.05) is 41.9 Å². The predicted octanol–water partition coefficient (Wildman–Crippen LogP) is 3.35. The number of aryl methyl sites for hydroxylation is 1. The van der Waals surface area contributed by atoms with E-state index in [-0.39, 0.29) is 5.76 Å². The second-order valence-electron chi connectivity index (χ2n) is 5.42. The van der Waals surface area contributed by atoms with Crippen LogP contribution in [0.5, 0.6) is 0 Å². The molecule has 0 fully saturated rings. The van der Waals surface area contributed by atoms with Crippen LogP contribution in [0.3, 0.4) is 0 Å². The van der Waals surface area contributed by atoms with Crippen LogP contribution in [0, 0.1) is 6.92 Å². The number of furan rings is 1. The number of nitrogens with one attached hydrogen (secondary N) is 1. The molecule has 3 N–H and O–H groups in total. The SMILES string of the molecule is Cc1c(C(=O)N[C@@H](C(N)=O)c2ccccc2)oc2ccc(Cl)cc12. The third-order valence-corrected chi connectivity index (χ3v) is 4.03. The van der Waals surface area contributed by atoms with Gasteiger partial charge in [0, 0.05) is 16.0 Å². The first kappa shape index (κ1) is 16.1. The normalized spacial score (nSPS) is 12.1. The van der Waals surface area contributed by atoms with Gasteiger partial charge < -0.3 is 15.5 Å². The molecule has 0 unspecified atom stereocenters. The molecule has 0 saturated carbocycles. The van der Waals surface area contributed by atoms with E-state index in [1.807, 2.05) is 6.07 Å². The van der Waals surface area contributed by atoms with E-state index in [4.69, 9.17) is 21.8 Å². The molecule has 0 radical (unpaired) electrons. The zero-order valence-corrected chi connectivity index (χ0v) is 13.6. The quantitative estimate of drug-likeness (QED) is 0.762. The number of primary amides is 1. The summed E-state index contributed by atoms with van der Waals surface area (Å²) in [5.74, 6) is -1.02. The molecule has 1 aromatic heterocycles. The lowest BCUT2D eigenvalue weighted by atomic mass is 10.1. The van der Waals surface area contributed by atoms with Gasteiger partial charge in [0.15, 0.2) is 5.76 Å². The first-order chi connectivity index (χ1) is 11.5. The molecule has 0 aliphatic rings. The second-order valence-corrected chi connectivity index (χ2v) is 5.85. The van der Waals surface area contributed by atoms with E-state index in [2.05, 4.69) is 5.32 Å². The second kappa shape index (κ2) is 6.37. The Morgan fingerprint density at radius 3 is 2.54 bits per heavy atom. The number of benzene rings is 2. The van der Waals surface area contributed by atoms with E-state index in [9.17, 15) is 9.59 Å². The van der Waals surface area contributed by atoms with Crippen LogP contribution in [-0.4, -0.2) is 11.8 Å². The van der Waals surface area contributed by atoms with Crippen LogP contribution in [0.25, 0.3) is 11.0 Å². The number of nitrogens with two attached hydrogens (primary N) is 1. The van der Waals surface area contributed by atoms with Gasteiger partial charge in [-0.05, 0) is 30.7 Å². The molecule has 3 aromatic rings. The predicted molar refractivity (Wildman–Crippen MR) is 91.8 cm³/mol. The van der Waals surface area contributed by atoms with Gasteiger partial charge in [-0.2, -0.15) is 0 Å². The number of rotatable bonds is 4. The van der Waals surface area contributed by atoms with E-state index in [0.717, 1.165) is 5.39 Å². The summed E-state index contributed by atoms with van der Waals surface area (Å²) in [6, 6.07) is 13.0. The standard InChI is InChI=1S/C18H15ClN2O3/c1-10-13-9-12(19)7-8-14(13)24-16(10)18(23)21-15(17(20)22)11-5-3-2-4-6-11/h2-9,15H,1H3,(H2,20,22)(H,21,23)/t15-/m1/s1. The maximum absolute atomic E-state index is 12.6. The highest BCUT2D eigenvalue weighted by Crippen LogP contribution is 2.28. The Kier molecular flexibility index (Phi) is 4.27. The Morgan fingerprint density at radius 1 is 1.17 bits per heavy atom. The van der Waals surface area contributed by atoms with Gasteiger partial charge >= 0.3 is 0 Å². The van der Waals surface area contributed by atoms with Gasteiger partial charge in [-0.15, -0.1) is 0 Å². The van der Waals surface area contributed by atoms with Crippen LogP contribution in [-0.2, 0) is 4.79 Å². The molecule has 2 amide bonds. The molecule has 0 aliphatic carbocycles. The van der Waals surface area contributed by atoms with Crippen LogP contribution >= 0.6 is 11.6 Å². The maximum Gasteiger partial charge on any atom is 0.288 e. The van der Waals surface area contributed by atoms with E-state index in [0.29, 0.717) is 21.7 Å². The lowest BCUT2D eigenvalue weighted by Crippen LogP contribution is -2.37. The number of hydrogen-bond donors (Lipinski definition) is 2. The zero-order valence-electron chi connectivity index (χ0n) is 12.9. The van der Waals surface area contributed by atoms with Crippen molar-refractivity contribution >= 4 is 34.4 Å². The van der Waals surface area contributed by atoms with Crippen LogP contribution in [0.2, 0.25) is 5.02 Å². The molecule has 0 saturated heterocycles. The minimum Gasteiger partial charge on any atom is -0.451 e. The molecule has 122 valence electrons. The van der Waals surface area contributed by atoms with Crippen molar-refractivity contribution in [3.63, 3.8) is 0 Å². The van der Waals surface area contributed by atoms with Crippen molar-refractivity contribution in [1.82, 2.24) is 5.32 Å². The Morgan fingerprint density at radius 2 is 1.88 bits per heavy atom. The van der Waals surface area contributed by atoms with E-state index >= 15 is 0 Å². The summed E-state index contributed by atoms with van der Waals surface area (Å²) in [7, 11) is 0. The number of amides is 2. The van der Waals surface area contributed by atoms with Crippen molar-refractivity contribution in [3.05, 3.63) is 70.4 Å². The largest absolute Gasteiger partial charge is 0.451 e. The van der Waals surface area contributed by atoms with E-state index in [1.54, 1.807) is 49.4 Å². The van der Waals surface area contributed by atoms with Crippen molar-refractivity contribution in [2.24, 2.45) is 5.73 Å². The summed E-state index contributed by atoms with van der Waals surface area (Å²) in [5.41, 5.74) is 7.24. The summed E-state index contributed by atoms with van der Waals surface area (Å²) >= 11 is 5.98. The van der Waals surface area contributed by atoms with Gasteiger partial charge in [0.2, 0.25) is 5.91 Å². The van der Waals surface area contributed by atoms with Crippen molar-refractivity contribution in [3.8, 4) is 0 Å². The Bertz CT molecular complexity index is 919. The monoisotopic (exact) mass is 342 g/mol. The lowest BCUT2D eigenvalue weighted by molar-refractivity contribution is -0.120. The van der Waals surface area contributed by atoms with E-state index < -0.39 is 17.9 Å². The number of hydrogen-bond acceptors (Lipinski definition) is 3. The Labute approximate surface area is 143 Å². The summed E-state index contributed by atoms with van der Waals surface area (Å²) in [5, 5.41) is 3.93. The number of carbonyl (C=O) groups is 2. The molecule has 0 aliphatic heterocycles. The van der Waals surface area contributed by atoms with Gasteiger partial charge in [-0.25, -0.2) is 0 Å². The van der Waals surface area contributed by atoms with Gasteiger partial charge in [0.05, 0.1) is 0 Å². The molecule has 3 rings (SSSR count). The fourth-order valence-electron chi connectivity index (χ4n) is 2.57. The summed E-state index contributed by atoms with van der Waals surface area (Å²) in [6.07, 6.45) is 0. The molecule has 5 nitrogen and oxygen atoms in total. The molecule has 1 atom stereocenters. The molecule has 1 heterocycles. The minimum absolute atomic E-state index is 0.134. The molecular weight excluding hydrogens is 328 g/mol. The van der Waals surface area contributed by atoms with E-state index in [1.165, 1.54) is 0 Å². The summed E-state index contributed by atoms with van der Waals surface area (Å²) < 4.78 is 5.61. The highest BCUT2D eigenvalue weighted by Gasteiger charge is 2.24. The molecule has 6 heteroatoms. The topological polar surface area (TPSA) is 85.3 Å².